The maximum Gasteiger partial charge on any atom is 0.417 e. The maximum atomic E-state index is 13.1. The van der Waals surface area contributed by atoms with Gasteiger partial charge in [0.2, 0.25) is 0 Å². The van der Waals surface area contributed by atoms with E-state index >= 15 is 0 Å². The van der Waals surface area contributed by atoms with E-state index in [-0.39, 0.29) is 5.56 Å². The third-order valence-corrected chi connectivity index (χ3v) is 4.50. The van der Waals surface area contributed by atoms with Crippen LogP contribution in [-0.4, -0.2) is 44.2 Å². The number of piperazine rings is 1. The summed E-state index contributed by atoms with van der Waals surface area (Å²) in [5, 5.41) is 8.91. The smallest absolute Gasteiger partial charge is 0.417 e. The van der Waals surface area contributed by atoms with Crippen molar-refractivity contribution in [2.75, 3.05) is 44.2 Å². The third kappa shape index (κ3) is 7.60. The fourth-order valence-electron chi connectivity index (χ4n) is 2.95. The fraction of sp³-hybridized carbons (Fsp3) is 0.435. The number of rotatable bonds is 7. The maximum absolute atomic E-state index is 13.1. The van der Waals surface area contributed by atoms with Gasteiger partial charge in [-0.15, -0.1) is 0 Å². The number of ether oxygens (including phenoxy) is 1. The van der Waals surface area contributed by atoms with Gasteiger partial charge in [0.25, 0.3) is 0 Å². The van der Waals surface area contributed by atoms with Crippen LogP contribution in [-0.2, 0) is 10.9 Å². The second-order valence-electron chi connectivity index (χ2n) is 6.32. The van der Waals surface area contributed by atoms with Crippen molar-refractivity contribution in [2.45, 2.75) is 26.9 Å². The molecule has 164 valence electrons. The van der Waals surface area contributed by atoms with Crippen molar-refractivity contribution >= 4 is 5.69 Å². The Bertz CT molecular complexity index is 771. The van der Waals surface area contributed by atoms with Gasteiger partial charge in [-0.25, -0.2) is 0 Å². The number of nitrogens with zero attached hydrogens (tertiary/aromatic N) is 3. The van der Waals surface area contributed by atoms with Crippen LogP contribution in [0, 0.1) is 11.3 Å². The second-order valence-corrected chi connectivity index (χ2v) is 6.32. The Morgan fingerprint density at radius 1 is 1.23 bits per heavy atom. The first kappa shape index (κ1) is 25.3. The highest BCUT2D eigenvalue weighted by Crippen LogP contribution is 2.34. The van der Waals surface area contributed by atoms with Gasteiger partial charge in [0.05, 0.1) is 17.2 Å². The molecule has 1 aliphatic rings. The zero-order valence-electron chi connectivity index (χ0n) is 17.9. The Balaban J connectivity index is 0.00000218. The summed E-state index contributed by atoms with van der Waals surface area (Å²) in [6.45, 7) is 13.6. The number of hydrogen-bond acceptors (Lipinski definition) is 4. The van der Waals surface area contributed by atoms with Crippen LogP contribution >= 0.6 is 0 Å². The molecule has 0 amide bonds. The summed E-state index contributed by atoms with van der Waals surface area (Å²) >= 11 is 0. The summed E-state index contributed by atoms with van der Waals surface area (Å²) in [6.07, 6.45) is 2.74. The third-order valence-electron chi connectivity index (χ3n) is 4.50. The number of nitriles is 1. The topological polar surface area (TPSA) is 39.5 Å². The standard InChI is InChI=1S/C21H24F3N3O.C2H6/c1-3-5-6-19(4-2)28-14-13-26-9-11-27(12-10-26)18-8-7-17(16-25)20(15-18)21(22,23)24;1-2/h3-8,15H,2,9-14H2,1H3;1-2H3/b5-3-,19-6+;. The number of halogens is 3. The Labute approximate surface area is 177 Å². The van der Waals surface area contributed by atoms with Crippen LogP contribution in [0.3, 0.4) is 0 Å². The van der Waals surface area contributed by atoms with Crippen molar-refractivity contribution in [3.8, 4) is 6.07 Å². The molecule has 1 aromatic carbocycles. The quantitative estimate of drug-likeness (QED) is 0.437. The van der Waals surface area contributed by atoms with Gasteiger partial charge in [-0.1, -0.05) is 32.6 Å². The monoisotopic (exact) mass is 421 g/mol. The minimum atomic E-state index is -4.54. The van der Waals surface area contributed by atoms with Gasteiger partial charge >= 0.3 is 6.18 Å². The molecule has 0 aromatic heterocycles. The highest BCUT2D eigenvalue weighted by Gasteiger charge is 2.34. The van der Waals surface area contributed by atoms with Gasteiger partial charge in [0.15, 0.2) is 0 Å². The zero-order valence-corrected chi connectivity index (χ0v) is 17.9. The average molecular weight is 422 g/mol. The Morgan fingerprint density at radius 3 is 2.43 bits per heavy atom. The first-order valence-corrected chi connectivity index (χ1v) is 10.1. The number of allylic oxidation sites excluding steroid dienone is 4. The lowest BCUT2D eigenvalue weighted by atomic mass is 10.1. The molecular formula is C23H30F3N3O. The van der Waals surface area contributed by atoms with Crippen molar-refractivity contribution < 1.29 is 17.9 Å². The number of benzene rings is 1. The summed E-state index contributed by atoms with van der Waals surface area (Å²) in [5.41, 5.74) is -0.741. The molecule has 1 saturated heterocycles. The Kier molecular flexibility index (Phi) is 10.8. The lowest BCUT2D eigenvalue weighted by Crippen LogP contribution is -2.47. The van der Waals surface area contributed by atoms with Gasteiger partial charge in [-0.05, 0) is 37.3 Å². The minimum Gasteiger partial charge on any atom is -0.492 e. The van der Waals surface area contributed by atoms with Gasteiger partial charge in [-0.3, -0.25) is 4.90 Å². The molecular weight excluding hydrogens is 391 g/mol. The normalized spacial score (nSPS) is 15.4. The predicted octanol–water partition coefficient (Wildman–Crippen LogP) is 5.39. The van der Waals surface area contributed by atoms with Crippen molar-refractivity contribution in [1.29, 1.82) is 5.26 Å². The van der Waals surface area contributed by atoms with Crippen LogP contribution in [0.2, 0.25) is 0 Å². The van der Waals surface area contributed by atoms with E-state index in [0.717, 1.165) is 25.7 Å². The highest BCUT2D eigenvalue weighted by atomic mass is 19.4. The van der Waals surface area contributed by atoms with Crippen LogP contribution < -0.4 is 4.90 Å². The van der Waals surface area contributed by atoms with E-state index in [0.29, 0.717) is 31.1 Å². The average Bonchev–Trinajstić information content (AvgIpc) is 2.77. The first-order valence-electron chi connectivity index (χ1n) is 10.1. The molecule has 1 aliphatic heterocycles. The van der Waals surface area contributed by atoms with Gasteiger partial charge in [0.1, 0.15) is 12.4 Å². The van der Waals surface area contributed by atoms with Gasteiger partial charge in [-0.2, -0.15) is 18.4 Å². The van der Waals surface area contributed by atoms with Crippen molar-refractivity contribution in [3.63, 3.8) is 0 Å². The molecule has 0 bridgehead atoms. The molecule has 0 unspecified atom stereocenters. The van der Waals surface area contributed by atoms with Crippen LogP contribution in [0.1, 0.15) is 31.9 Å². The molecule has 1 fully saturated rings. The van der Waals surface area contributed by atoms with E-state index < -0.39 is 11.7 Å². The van der Waals surface area contributed by atoms with Gasteiger partial charge in [0, 0.05) is 38.4 Å². The summed E-state index contributed by atoms with van der Waals surface area (Å²) in [4.78, 5) is 4.12. The summed E-state index contributed by atoms with van der Waals surface area (Å²) in [7, 11) is 0. The molecule has 30 heavy (non-hydrogen) atoms. The van der Waals surface area contributed by atoms with E-state index in [9.17, 15) is 13.2 Å². The van der Waals surface area contributed by atoms with Crippen molar-refractivity contribution in [1.82, 2.24) is 4.90 Å². The molecule has 7 heteroatoms. The van der Waals surface area contributed by atoms with Crippen LogP contribution in [0.15, 0.2) is 54.8 Å². The summed E-state index contributed by atoms with van der Waals surface area (Å²) in [6, 6.07) is 5.50. The molecule has 0 radical (unpaired) electrons. The summed E-state index contributed by atoms with van der Waals surface area (Å²) in [5.74, 6) is 0.703. The number of anilines is 1. The minimum absolute atomic E-state index is 0.351. The second kappa shape index (κ2) is 12.8. The van der Waals surface area contributed by atoms with E-state index in [1.807, 2.05) is 43.9 Å². The molecule has 1 aromatic rings. The lowest BCUT2D eigenvalue weighted by Gasteiger charge is -2.36. The Hall–Kier alpha value is -2.72. The van der Waals surface area contributed by atoms with E-state index in [1.54, 1.807) is 18.2 Å². The number of alkyl halides is 3. The lowest BCUT2D eigenvalue weighted by molar-refractivity contribution is -0.137. The Morgan fingerprint density at radius 2 is 1.90 bits per heavy atom. The summed E-state index contributed by atoms with van der Waals surface area (Å²) < 4.78 is 45.1. The van der Waals surface area contributed by atoms with E-state index in [2.05, 4.69) is 11.5 Å². The van der Waals surface area contributed by atoms with Crippen molar-refractivity contribution in [3.05, 3.63) is 66.0 Å². The fourth-order valence-corrected chi connectivity index (χ4v) is 2.95. The SMILES string of the molecule is C=C/C(=C\C=C/C)OCCN1CCN(c2ccc(C#N)c(C(F)(F)F)c2)CC1.CC. The number of hydrogen-bond donors (Lipinski definition) is 0. The molecule has 0 atom stereocenters. The van der Waals surface area contributed by atoms with E-state index in [1.165, 1.54) is 6.07 Å². The molecule has 0 spiro atoms. The van der Waals surface area contributed by atoms with E-state index in [4.69, 9.17) is 10.00 Å². The molecule has 0 aliphatic carbocycles. The van der Waals surface area contributed by atoms with Crippen LogP contribution in [0.25, 0.3) is 0 Å². The van der Waals surface area contributed by atoms with Crippen molar-refractivity contribution in [2.24, 2.45) is 0 Å². The predicted molar refractivity (Wildman–Crippen MR) is 115 cm³/mol. The molecule has 0 saturated carbocycles. The molecule has 1 heterocycles. The largest absolute Gasteiger partial charge is 0.492 e. The van der Waals surface area contributed by atoms with Crippen LogP contribution in [0.5, 0.6) is 0 Å². The molecule has 4 nitrogen and oxygen atoms in total. The van der Waals surface area contributed by atoms with Gasteiger partial charge < -0.3 is 9.64 Å². The van der Waals surface area contributed by atoms with Crippen LogP contribution in [0.4, 0.5) is 18.9 Å². The zero-order chi connectivity index (χ0) is 22.6. The molecule has 0 N–H and O–H groups in total. The first-order chi connectivity index (χ1) is 14.4. The highest BCUT2D eigenvalue weighted by molar-refractivity contribution is 5.55. The molecule has 2 rings (SSSR count).